The maximum absolute atomic E-state index is 3.63. The van der Waals surface area contributed by atoms with Crippen molar-refractivity contribution in [3.8, 4) is 0 Å². The molecule has 0 aliphatic heterocycles. The monoisotopic (exact) mass is 139 g/mol. The molecule has 2 fully saturated rings. The Balaban J connectivity index is 1.60. The SMILES string of the molecule is CC(CC1CC1)NC1CC1. The van der Waals surface area contributed by atoms with Gasteiger partial charge in [0, 0.05) is 12.1 Å². The Morgan fingerprint density at radius 2 is 2.00 bits per heavy atom. The van der Waals surface area contributed by atoms with E-state index in [4.69, 9.17) is 0 Å². The molecule has 58 valence electrons. The van der Waals surface area contributed by atoms with E-state index in [1.54, 1.807) is 0 Å². The smallest absolute Gasteiger partial charge is 0.00706 e. The minimum Gasteiger partial charge on any atom is -0.311 e. The van der Waals surface area contributed by atoms with E-state index in [1.165, 1.54) is 32.1 Å². The number of hydrogen-bond donors (Lipinski definition) is 1. The molecule has 0 amide bonds. The normalized spacial score (nSPS) is 28.5. The summed E-state index contributed by atoms with van der Waals surface area (Å²) >= 11 is 0. The first-order valence-electron chi connectivity index (χ1n) is 4.60. The summed E-state index contributed by atoms with van der Waals surface area (Å²) in [6.45, 7) is 2.33. The molecule has 0 radical (unpaired) electrons. The fraction of sp³-hybridized carbons (Fsp3) is 1.00. The van der Waals surface area contributed by atoms with E-state index in [0.717, 1.165) is 18.0 Å². The van der Waals surface area contributed by atoms with Crippen molar-refractivity contribution >= 4 is 0 Å². The molecule has 0 heterocycles. The van der Waals surface area contributed by atoms with E-state index in [2.05, 4.69) is 12.2 Å². The Morgan fingerprint density at radius 3 is 2.50 bits per heavy atom. The lowest BCUT2D eigenvalue weighted by Crippen LogP contribution is -2.28. The molecule has 10 heavy (non-hydrogen) atoms. The lowest BCUT2D eigenvalue weighted by molar-refractivity contribution is 0.485. The third-order valence-corrected chi connectivity index (χ3v) is 2.48. The van der Waals surface area contributed by atoms with Gasteiger partial charge in [-0.25, -0.2) is 0 Å². The molecule has 0 saturated heterocycles. The van der Waals surface area contributed by atoms with E-state index in [9.17, 15) is 0 Å². The van der Waals surface area contributed by atoms with Crippen LogP contribution in [0.2, 0.25) is 0 Å². The molecule has 0 bridgehead atoms. The molecule has 0 aromatic rings. The molecular formula is C9H17N. The average molecular weight is 139 g/mol. The summed E-state index contributed by atoms with van der Waals surface area (Å²) in [5.74, 6) is 1.08. The number of hydrogen-bond acceptors (Lipinski definition) is 1. The van der Waals surface area contributed by atoms with Gasteiger partial charge in [-0.1, -0.05) is 12.8 Å². The second-order valence-electron chi connectivity index (χ2n) is 4.02. The van der Waals surface area contributed by atoms with Crippen LogP contribution in [-0.4, -0.2) is 12.1 Å². The van der Waals surface area contributed by atoms with E-state index in [1.807, 2.05) is 0 Å². The molecule has 2 aliphatic rings. The average Bonchev–Trinajstić information content (AvgIpc) is 2.59. The van der Waals surface area contributed by atoms with Crippen LogP contribution in [-0.2, 0) is 0 Å². The van der Waals surface area contributed by atoms with E-state index < -0.39 is 0 Å². The standard InChI is InChI=1S/C9H17N/c1-7(6-8-2-3-8)10-9-4-5-9/h7-10H,2-6H2,1H3. The highest BCUT2D eigenvalue weighted by atomic mass is 15.0. The van der Waals surface area contributed by atoms with Gasteiger partial charge in [0.25, 0.3) is 0 Å². The number of rotatable bonds is 4. The number of nitrogens with one attached hydrogen (secondary N) is 1. The third-order valence-electron chi connectivity index (χ3n) is 2.48. The molecule has 2 rings (SSSR count). The minimum atomic E-state index is 0.792. The lowest BCUT2D eigenvalue weighted by Gasteiger charge is -2.11. The summed E-state index contributed by atoms with van der Waals surface area (Å²) < 4.78 is 0. The van der Waals surface area contributed by atoms with E-state index >= 15 is 0 Å². The highest BCUT2D eigenvalue weighted by molar-refractivity contribution is 4.86. The van der Waals surface area contributed by atoms with Gasteiger partial charge in [0.2, 0.25) is 0 Å². The maximum atomic E-state index is 3.63. The quantitative estimate of drug-likeness (QED) is 0.627. The Hall–Kier alpha value is -0.0400. The van der Waals surface area contributed by atoms with Gasteiger partial charge in [0.05, 0.1) is 0 Å². The Morgan fingerprint density at radius 1 is 1.30 bits per heavy atom. The van der Waals surface area contributed by atoms with Gasteiger partial charge in [0.15, 0.2) is 0 Å². The maximum Gasteiger partial charge on any atom is 0.00706 e. The molecule has 0 aromatic carbocycles. The Bertz CT molecular complexity index is 99.9. The van der Waals surface area contributed by atoms with Gasteiger partial charge >= 0.3 is 0 Å². The molecule has 1 nitrogen and oxygen atoms in total. The molecule has 2 saturated carbocycles. The second-order valence-corrected chi connectivity index (χ2v) is 4.02. The summed E-state index contributed by atoms with van der Waals surface area (Å²) in [7, 11) is 0. The summed E-state index contributed by atoms with van der Waals surface area (Å²) in [5.41, 5.74) is 0. The fourth-order valence-electron chi connectivity index (χ4n) is 1.57. The first kappa shape index (κ1) is 6.66. The molecule has 2 aliphatic carbocycles. The zero-order chi connectivity index (χ0) is 6.97. The van der Waals surface area contributed by atoms with Crippen molar-refractivity contribution in [1.82, 2.24) is 5.32 Å². The van der Waals surface area contributed by atoms with Crippen LogP contribution >= 0.6 is 0 Å². The molecule has 1 unspecified atom stereocenters. The van der Waals surface area contributed by atoms with Gasteiger partial charge in [-0.05, 0) is 32.1 Å². The van der Waals surface area contributed by atoms with Crippen LogP contribution in [0, 0.1) is 5.92 Å². The zero-order valence-corrected chi connectivity index (χ0v) is 6.77. The van der Waals surface area contributed by atoms with Crippen molar-refractivity contribution in [2.75, 3.05) is 0 Å². The molecule has 0 aromatic heterocycles. The highest BCUT2D eigenvalue weighted by Crippen LogP contribution is 2.34. The van der Waals surface area contributed by atoms with Gasteiger partial charge in [-0.3, -0.25) is 0 Å². The van der Waals surface area contributed by atoms with Crippen LogP contribution in [0.1, 0.15) is 39.0 Å². The van der Waals surface area contributed by atoms with Crippen LogP contribution in [0.4, 0.5) is 0 Å². The van der Waals surface area contributed by atoms with Crippen molar-refractivity contribution in [1.29, 1.82) is 0 Å². The van der Waals surface area contributed by atoms with Crippen molar-refractivity contribution in [3.05, 3.63) is 0 Å². The molecule has 0 spiro atoms. The third kappa shape index (κ3) is 1.98. The van der Waals surface area contributed by atoms with Crippen molar-refractivity contribution in [2.24, 2.45) is 5.92 Å². The molecule has 1 atom stereocenters. The summed E-state index contributed by atoms with van der Waals surface area (Å²) in [6, 6.07) is 1.69. The van der Waals surface area contributed by atoms with Crippen molar-refractivity contribution in [2.45, 2.75) is 51.1 Å². The van der Waals surface area contributed by atoms with Crippen LogP contribution < -0.4 is 5.32 Å². The lowest BCUT2D eigenvalue weighted by atomic mass is 10.1. The largest absolute Gasteiger partial charge is 0.311 e. The van der Waals surface area contributed by atoms with Crippen LogP contribution in [0.5, 0.6) is 0 Å². The van der Waals surface area contributed by atoms with Gasteiger partial charge < -0.3 is 5.32 Å². The summed E-state index contributed by atoms with van der Waals surface area (Å²) in [5, 5.41) is 3.63. The summed E-state index contributed by atoms with van der Waals surface area (Å²) in [6.07, 6.45) is 7.27. The topological polar surface area (TPSA) is 12.0 Å². The first-order valence-corrected chi connectivity index (χ1v) is 4.60. The Kier molecular flexibility index (Phi) is 1.69. The van der Waals surface area contributed by atoms with Crippen molar-refractivity contribution in [3.63, 3.8) is 0 Å². The zero-order valence-electron chi connectivity index (χ0n) is 6.77. The van der Waals surface area contributed by atoms with Crippen molar-refractivity contribution < 1.29 is 0 Å². The fourth-order valence-corrected chi connectivity index (χ4v) is 1.57. The van der Waals surface area contributed by atoms with Gasteiger partial charge in [-0.2, -0.15) is 0 Å². The van der Waals surface area contributed by atoms with Gasteiger partial charge in [-0.15, -0.1) is 0 Å². The van der Waals surface area contributed by atoms with E-state index in [-0.39, 0.29) is 0 Å². The molecule has 1 heteroatoms. The second kappa shape index (κ2) is 2.54. The van der Waals surface area contributed by atoms with E-state index in [0.29, 0.717) is 0 Å². The minimum absolute atomic E-state index is 0.792. The van der Waals surface area contributed by atoms with Crippen LogP contribution in [0.15, 0.2) is 0 Å². The first-order chi connectivity index (χ1) is 4.84. The van der Waals surface area contributed by atoms with Crippen LogP contribution in [0.25, 0.3) is 0 Å². The predicted octanol–water partition coefficient (Wildman–Crippen LogP) is 1.93. The Labute approximate surface area is 63.2 Å². The summed E-state index contributed by atoms with van der Waals surface area (Å²) in [4.78, 5) is 0. The van der Waals surface area contributed by atoms with Gasteiger partial charge in [0.1, 0.15) is 0 Å². The van der Waals surface area contributed by atoms with Crippen LogP contribution in [0.3, 0.4) is 0 Å². The molecular weight excluding hydrogens is 122 g/mol. The highest BCUT2D eigenvalue weighted by Gasteiger charge is 2.27. The molecule has 1 N–H and O–H groups in total. The predicted molar refractivity (Wildman–Crippen MR) is 43.0 cm³/mol.